The van der Waals surface area contributed by atoms with Gasteiger partial charge in [0.15, 0.2) is 5.13 Å². The van der Waals surface area contributed by atoms with E-state index in [0.717, 1.165) is 24.4 Å². The highest BCUT2D eigenvalue weighted by Gasteiger charge is 2.21. The topological polar surface area (TPSA) is 43.8 Å². The van der Waals surface area contributed by atoms with Crippen LogP contribution in [0.2, 0.25) is 0 Å². The van der Waals surface area contributed by atoms with Crippen molar-refractivity contribution in [3.8, 4) is 5.13 Å². The van der Waals surface area contributed by atoms with E-state index in [-0.39, 0.29) is 6.04 Å². The number of fused-ring (bicyclic) bond motifs is 1. The fourth-order valence-corrected chi connectivity index (χ4v) is 3.76. The highest BCUT2D eigenvalue weighted by Crippen LogP contribution is 2.32. The Labute approximate surface area is 112 Å². The van der Waals surface area contributed by atoms with Gasteiger partial charge in [0.25, 0.3) is 0 Å². The lowest BCUT2D eigenvalue weighted by molar-refractivity contribution is 0.560. The summed E-state index contributed by atoms with van der Waals surface area (Å²) in [5, 5.41) is 1.10. The Balaban J connectivity index is 2.06. The van der Waals surface area contributed by atoms with Crippen molar-refractivity contribution in [3.05, 3.63) is 34.1 Å². The molecule has 0 radical (unpaired) electrons. The summed E-state index contributed by atoms with van der Waals surface area (Å²) in [5.41, 5.74) is 10.1. The number of hydrogen-bond donors (Lipinski definition) is 1. The standard InChI is InChI=1S/C14H19N3S/c1-3-12-9(2)18-14(16-12)17-8-7-10-11(15)5-4-6-13(10)17/h7-8,11H,3-6,15H2,1-2H3. The summed E-state index contributed by atoms with van der Waals surface area (Å²) in [4.78, 5) is 6.07. The van der Waals surface area contributed by atoms with Gasteiger partial charge in [-0.1, -0.05) is 6.92 Å². The van der Waals surface area contributed by atoms with Gasteiger partial charge in [-0.25, -0.2) is 4.98 Å². The van der Waals surface area contributed by atoms with Crippen molar-refractivity contribution in [2.45, 2.75) is 45.6 Å². The first kappa shape index (κ1) is 11.9. The van der Waals surface area contributed by atoms with Gasteiger partial charge in [-0.3, -0.25) is 4.57 Å². The molecule has 0 spiro atoms. The molecule has 4 heteroatoms. The Morgan fingerprint density at radius 1 is 1.56 bits per heavy atom. The Morgan fingerprint density at radius 2 is 2.39 bits per heavy atom. The van der Waals surface area contributed by atoms with Gasteiger partial charge >= 0.3 is 0 Å². The summed E-state index contributed by atoms with van der Waals surface area (Å²) in [5.74, 6) is 0. The predicted molar refractivity (Wildman–Crippen MR) is 75.4 cm³/mol. The van der Waals surface area contributed by atoms with Crippen molar-refractivity contribution in [1.82, 2.24) is 9.55 Å². The van der Waals surface area contributed by atoms with Gasteiger partial charge in [-0.05, 0) is 44.2 Å². The third-order valence-electron chi connectivity index (χ3n) is 3.78. The number of nitrogens with zero attached hydrogens (tertiary/aromatic N) is 2. The second-order valence-corrected chi connectivity index (χ2v) is 6.12. The molecule has 0 amide bonds. The second-order valence-electron chi connectivity index (χ2n) is 4.94. The molecule has 3 rings (SSSR count). The summed E-state index contributed by atoms with van der Waals surface area (Å²) in [7, 11) is 0. The number of thiazole rings is 1. The first-order valence-corrected chi connectivity index (χ1v) is 7.44. The molecule has 1 unspecified atom stereocenters. The lowest BCUT2D eigenvalue weighted by Gasteiger charge is -2.20. The van der Waals surface area contributed by atoms with E-state index in [0.29, 0.717) is 0 Å². The summed E-state index contributed by atoms with van der Waals surface area (Å²) in [6, 6.07) is 2.38. The van der Waals surface area contributed by atoms with Gasteiger partial charge in [0.05, 0.1) is 5.69 Å². The van der Waals surface area contributed by atoms with Crippen molar-refractivity contribution < 1.29 is 0 Å². The lowest BCUT2D eigenvalue weighted by atomic mass is 9.94. The molecule has 0 aromatic carbocycles. The average molecular weight is 261 g/mol. The highest BCUT2D eigenvalue weighted by atomic mass is 32.1. The van der Waals surface area contributed by atoms with Crippen molar-refractivity contribution >= 4 is 11.3 Å². The average Bonchev–Trinajstić information content (AvgIpc) is 2.93. The fraction of sp³-hybridized carbons (Fsp3) is 0.500. The molecule has 2 aromatic heterocycles. The smallest absolute Gasteiger partial charge is 0.194 e. The zero-order valence-electron chi connectivity index (χ0n) is 10.9. The summed E-state index contributed by atoms with van der Waals surface area (Å²) in [6.45, 7) is 4.31. The minimum absolute atomic E-state index is 0.210. The number of aryl methyl sites for hydroxylation is 2. The lowest BCUT2D eigenvalue weighted by Crippen LogP contribution is -2.17. The molecule has 0 saturated carbocycles. The van der Waals surface area contributed by atoms with E-state index in [1.165, 1.54) is 28.2 Å². The Bertz CT molecular complexity index is 568. The van der Waals surface area contributed by atoms with Gasteiger partial charge in [0, 0.05) is 22.8 Å². The van der Waals surface area contributed by atoms with Crippen LogP contribution in [0, 0.1) is 6.92 Å². The van der Waals surface area contributed by atoms with E-state index in [1.54, 1.807) is 11.3 Å². The summed E-state index contributed by atoms with van der Waals surface area (Å²) >= 11 is 1.78. The molecular weight excluding hydrogens is 242 g/mol. The molecule has 1 atom stereocenters. The maximum Gasteiger partial charge on any atom is 0.194 e. The van der Waals surface area contributed by atoms with Gasteiger partial charge in [-0.15, -0.1) is 11.3 Å². The van der Waals surface area contributed by atoms with Gasteiger partial charge in [-0.2, -0.15) is 0 Å². The van der Waals surface area contributed by atoms with Crippen LogP contribution in [0.15, 0.2) is 12.3 Å². The molecule has 2 N–H and O–H groups in total. The maximum atomic E-state index is 6.17. The minimum Gasteiger partial charge on any atom is -0.324 e. The third kappa shape index (κ3) is 1.80. The second kappa shape index (κ2) is 4.52. The highest BCUT2D eigenvalue weighted by molar-refractivity contribution is 7.14. The largest absolute Gasteiger partial charge is 0.324 e. The number of hydrogen-bond acceptors (Lipinski definition) is 3. The van der Waals surface area contributed by atoms with Crippen LogP contribution >= 0.6 is 11.3 Å². The van der Waals surface area contributed by atoms with Crippen LogP contribution in [0.1, 0.15) is 47.6 Å². The summed E-state index contributed by atoms with van der Waals surface area (Å²) in [6.07, 6.45) is 6.55. The van der Waals surface area contributed by atoms with Crippen LogP contribution in [-0.2, 0) is 12.8 Å². The zero-order valence-corrected chi connectivity index (χ0v) is 11.8. The number of aromatic nitrogens is 2. The normalized spacial score (nSPS) is 18.9. The molecule has 18 heavy (non-hydrogen) atoms. The third-order valence-corrected chi connectivity index (χ3v) is 4.79. The zero-order chi connectivity index (χ0) is 12.7. The number of rotatable bonds is 2. The first-order valence-electron chi connectivity index (χ1n) is 6.63. The molecule has 3 nitrogen and oxygen atoms in total. The van der Waals surface area contributed by atoms with Crippen molar-refractivity contribution in [2.24, 2.45) is 5.73 Å². The Hall–Kier alpha value is -1.13. The van der Waals surface area contributed by atoms with E-state index >= 15 is 0 Å². The Morgan fingerprint density at radius 3 is 3.11 bits per heavy atom. The van der Waals surface area contributed by atoms with Crippen LogP contribution in [-0.4, -0.2) is 9.55 Å². The molecule has 2 heterocycles. The van der Waals surface area contributed by atoms with E-state index in [1.807, 2.05) is 0 Å². The number of nitrogens with two attached hydrogens (primary N) is 1. The van der Waals surface area contributed by atoms with E-state index in [4.69, 9.17) is 10.7 Å². The van der Waals surface area contributed by atoms with Crippen LogP contribution in [0.4, 0.5) is 0 Å². The van der Waals surface area contributed by atoms with Crippen LogP contribution in [0.5, 0.6) is 0 Å². The SMILES string of the molecule is CCc1nc(-n2ccc3c2CCCC3N)sc1C. The van der Waals surface area contributed by atoms with Crippen molar-refractivity contribution in [1.29, 1.82) is 0 Å². The van der Waals surface area contributed by atoms with Gasteiger partial charge in [0.2, 0.25) is 0 Å². The van der Waals surface area contributed by atoms with E-state index in [9.17, 15) is 0 Å². The molecule has 0 fully saturated rings. The Kier molecular flexibility index (Phi) is 2.99. The summed E-state index contributed by atoms with van der Waals surface area (Å²) < 4.78 is 2.24. The van der Waals surface area contributed by atoms with Gasteiger partial charge in [0.1, 0.15) is 0 Å². The quantitative estimate of drug-likeness (QED) is 0.902. The predicted octanol–water partition coefficient (Wildman–Crippen LogP) is 3.14. The minimum atomic E-state index is 0.210. The molecule has 0 bridgehead atoms. The molecular formula is C14H19N3S. The maximum absolute atomic E-state index is 6.17. The molecule has 2 aromatic rings. The molecule has 96 valence electrons. The van der Waals surface area contributed by atoms with Crippen molar-refractivity contribution in [2.75, 3.05) is 0 Å². The van der Waals surface area contributed by atoms with Crippen LogP contribution < -0.4 is 5.73 Å². The molecule has 0 aliphatic heterocycles. The molecule has 1 aliphatic rings. The van der Waals surface area contributed by atoms with Crippen LogP contribution in [0.3, 0.4) is 0 Å². The first-order chi connectivity index (χ1) is 8.70. The molecule has 1 aliphatic carbocycles. The van der Waals surface area contributed by atoms with Gasteiger partial charge < -0.3 is 5.73 Å². The van der Waals surface area contributed by atoms with E-state index < -0.39 is 0 Å². The molecule has 0 saturated heterocycles. The van der Waals surface area contributed by atoms with Crippen LogP contribution in [0.25, 0.3) is 5.13 Å². The monoisotopic (exact) mass is 261 g/mol. The fourth-order valence-electron chi connectivity index (χ4n) is 2.75. The van der Waals surface area contributed by atoms with E-state index in [2.05, 4.69) is 30.7 Å². The van der Waals surface area contributed by atoms with Crippen molar-refractivity contribution in [3.63, 3.8) is 0 Å².